The topological polar surface area (TPSA) is 82.2 Å². The van der Waals surface area contributed by atoms with Crippen molar-refractivity contribution in [3.05, 3.63) is 29.8 Å². The summed E-state index contributed by atoms with van der Waals surface area (Å²) in [6, 6.07) is 6.36. The van der Waals surface area contributed by atoms with Gasteiger partial charge in [0.15, 0.2) is 5.78 Å². The van der Waals surface area contributed by atoms with Gasteiger partial charge in [-0.25, -0.2) is 0 Å². The molecule has 3 heterocycles. The lowest BCUT2D eigenvalue weighted by molar-refractivity contribution is -0.139. The predicted octanol–water partition coefficient (Wildman–Crippen LogP) is 1.49. The molecule has 186 valence electrons. The molecule has 2 amide bonds. The molecule has 0 aromatic heterocycles. The van der Waals surface area contributed by atoms with Crippen molar-refractivity contribution in [3.63, 3.8) is 0 Å². The minimum absolute atomic E-state index is 0.0518. The van der Waals surface area contributed by atoms with E-state index in [1.807, 2.05) is 44.4 Å². The molecule has 8 nitrogen and oxygen atoms in total. The van der Waals surface area contributed by atoms with E-state index in [0.717, 1.165) is 38.3 Å². The highest BCUT2D eigenvalue weighted by Gasteiger charge is 2.53. The van der Waals surface area contributed by atoms with Gasteiger partial charge in [0.05, 0.1) is 11.4 Å². The Hall–Kier alpha value is -2.10. The monoisotopic (exact) mass is 488 g/mol. The lowest BCUT2D eigenvalue weighted by Gasteiger charge is -2.34. The quantitative estimate of drug-likeness (QED) is 0.623. The number of likely N-dealkylation sites (tertiary alicyclic amines) is 1. The Labute approximate surface area is 206 Å². The minimum Gasteiger partial charge on any atom is -0.369 e. The number of carbonyl (C=O) groups is 3. The average molecular weight is 489 g/mol. The summed E-state index contributed by atoms with van der Waals surface area (Å²) >= 11 is 1.62. The molecule has 3 aliphatic rings. The van der Waals surface area contributed by atoms with Gasteiger partial charge in [-0.05, 0) is 43.5 Å². The summed E-state index contributed by atoms with van der Waals surface area (Å²) in [6.45, 7) is 8.44. The van der Waals surface area contributed by atoms with Gasteiger partial charge in [0.2, 0.25) is 5.91 Å². The number of fused-ring (bicyclic) bond motifs is 1. The van der Waals surface area contributed by atoms with E-state index in [9.17, 15) is 14.4 Å². The van der Waals surface area contributed by atoms with Crippen LogP contribution >= 0.6 is 11.8 Å². The fourth-order valence-electron chi connectivity index (χ4n) is 5.02. The number of benzene rings is 1. The van der Waals surface area contributed by atoms with Crippen LogP contribution in [-0.4, -0.2) is 103 Å². The molecule has 0 unspecified atom stereocenters. The number of ether oxygens (including phenoxy) is 1. The van der Waals surface area contributed by atoms with E-state index in [0.29, 0.717) is 12.1 Å². The van der Waals surface area contributed by atoms with Gasteiger partial charge in [-0.15, -0.1) is 0 Å². The van der Waals surface area contributed by atoms with Crippen LogP contribution in [-0.2, 0) is 14.3 Å². The number of carbonyl (C=O) groups excluding carboxylic acids is 3. The Kier molecular flexibility index (Phi) is 7.84. The van der Waals surface area contributed by atoms with E-state index < -0.39 is 12.1 Å². The van der Waals surface area contributed by atoms with Crippen molar-refractivity contribution in [1.29, 1.82) is 0 Å². The Morgan fingerprint density at radius 2 is 1.85 bits per heavy atom. The minimum atomic E-state index is -0.690. The maximum absolute atomic E-state index is 13.6. The summed E-state index contributed by atoms with van der Waals surface area (Å²) in [6.07, 6.45) is 2.45. The van der Waals surface area contributed by atoms with Crippen LogP contribution in [0.5, 0.6) is 0 Å². The summed E-state index contributed by atoms with van der Waals surface area (Å²) in [5.41, 5.74) is 1.63. The molecule has 3 saturated heterocycles. The first kappa shape index (κ1) is 25.0. The van der Waals surface area contributed by atoms with E-state index in [4.69, 9.17) is 4.74 Å². The first-order valence-electron chi connectivity index (χ1n) is 12.2. The molecule has 5 atom stereocenters. The molecule has 0 radical (unpaired) electrons. The fraction of sp³-hybridized carbons (Fsp3) is 0.640. The molecule has 0 aliphatic carbocycles. The van der Waals surface area contributed by atoms with Gasteiger partial charge in [-0.1, -0.05) is 20.3 Å². The first-order valence-corrected chi connectivity index (χ1v) is 13.4. The van der Waals surface area contributed by atoms with E-state index in [2.05, 4.69) is 22.2 Å². The van der Waals surface area contributed by atoms with Crippen LogP contribution in [0.15, 0.2) is 24.3 Å². The number of nitrogens with one attached hydrogen (secondary N) is 1. The molecule has 0 spiro atoms. The lowest BCUT2D eigenvalue weighted by Crippen LogP contribution is -2.54. The molecule has 0 bridgehead atoms. The smallest absolute Gasteiger partial charge is 0.251 e. The largest absolute Gasteiger partial charge is 0.369 e. The van der Waals surface area contributed by atoms with Crippen LogP contribution in [0.25, 0.3) is 0 Å². The van der Waals surface area contributed by atoms with Crippen molar-refractivity contribution in [1.82, 2.24) is 15.1 Å². The highest BCUT2D eigenvalue weighted by Crippen LogP contribution is 2.34. The summed E-state index contributed by atoms with van der Waals surface area (Å²) in [5.74, 6) is -0.578. The second-order valence-electron chi connectivity index (χ2n) is 9.63. The van der Waals surface area contributed by atoms with Crippen molar-refractivity contribution in [3.8, 4) is 0 Å². The summed E-state index contributed by atoms with van der Waals surface area (Å²) in [5, 5.41) is 3.05. The van der Waals surface area contributed by atoms with Gasteiger partial charge < -0.3 is 24.8 Å². The van der Waals surface area contributed by atoms with Gasteiger partial charge in [-0.2, -0.15) is 11.8 Å². The van der Waals surface area contributed by atoms with Crippen molar-refractivity contribution in [2.24, 2.45) is 5.92 Å². The number of thioether (sulfide) groups is 1. The number of rotatable bonds is 7. The summed E-state index contributed by atoms with van der Waals surface area (Å²) < 4.78 is 5.70. The zero-order valence-corrected chi connectivity index (χ0v) is 21.3. The number of hydrogen-bond acceptors (Lipinski definition) is 7. The molecule has 3 fully saturated rings. The second-order valence-corrected chi connectivity index (χ2v) is 10.7. The SMILES string of the molecule is CC[C@H](C)[C@H](NC(=O)c1ccc(N2CCN(C)CC2)cc1)C(=O)N1C[C@H](SC)[C@H]2OCC(=O)[C@H]21. The highest BCUT2D eigenvalue weighted by molar-refractivity contribution is 7.99. The second kappa shape index (κ2) is 10.7. The number of piperazine rings is 1. The lowest BCUT2D eigenvalue weighted by atomic mass is 9.96. The van der Waals surface area contributed by atoms with E-state index >= 15 is 0 Å². The van der Waals surface area contributed by atoms with Gasteiger partial charge in [-0.3, -0.25) is 14.4 Å². The average Bonchev–Trinajstić information content (AvgIpc) is 3.42. The molecular weight excluding hydrogens is 452 g/mol. The third-order valence-electron chi connectivity index (χ3n) is 7.49. The number of nitrogens with zero attached hydrogens (tertiary/aromatic N) is 3. The van der Waals surface area contributed by atoms with Crippen LogP contribution in [0.4, 0.5) is 5.69 Å². The normalized spacial score (nSPS) is 26.9. The molecular formula is C25H36N4O4S. The van der Waals surface area contributed by atoms with Crippen molar-refractivity contribution in [2.45, 2.75) is 43.7 Å². The molecule has 9 heteroatoms. The maximum Gasteiger partial charge on any atom is 0.251 e. The molecule has 0 saturated carbocycles. The van der Waals surface area contributed by atoms with E-state index in [1.54, 1.807) is 16.7 Å². The van der Waals surface area contributed by atoms with Gasteiger partial charge in [0.1, 0.15) is 18.7 Å². The van der Waals surface area contributed by atoms with Crippen LogP contribution in [0.3, 0.4) is 0 Å². The van der Waals surface area contributed by atoms with E-state index in [-0.39, 0.29) is 41.5 Å². The summed E-state index contributed by atoms with van der Waals surface area (Å²) in [4.78, 5) is 45.5. The molecule has 3 aliphatic heterocycles. The third kappa shape index (κ3) is 4.97. The number of likely N-dealkylation sites (N-methyl/N-ethyl adjacent to an activating group) is 1. The highest BCUT2D eigenvalue weighted by atomic mass is 32.2. The number of hydrogen-bond donors (Lipinski definition) is 1. The number of amides is 2. The Morgan fingerprint density at radius 3 is 2.47 bits per heavy atom. The zero-order chi connectivity index (χ0) is 24.4. The van der Waals surface area contributed by atoms with Gasteiger partial charge in [0, 0.05) is 44.0 Å². The van der Waals surface area contributed by atoms with Crippen LogP contribution in [0, 0.1) is 5.92 Å². The Balaban J connectivity index is 1.46. The Bertz CT molecular complexity index is 903. The van der Waals surface area contributed by atoms with Crippen LogP contribution in [0.1, 0.15) is 30.6 Å². The van der Waals surface area contributed by atoms with Crippen LogP contribution < -0.4 is 10.2 Å². The predicted molar refractivity (Wildman–Crippen MR) is 134 cm³/mol. The van der Waals surface area contributed by atoms with Crippen molar-refractivity contribution in [2.75, 3.05) is 57.5 Å². The first-order chi connectivity index (χ1) is 16.3. The van der Waals surface area contributed by atoms with E-state index in [1.165, 1.54) is 0 Å². The molecule has 34 heavy (non-hydrogen) atoms. The maximum atomic E-state index is 13.6. The molecule has 1 aromatic rings. The zero-order valence-electron chi connectivity index (χ0n) is 20.5. The number of ketones is 1. The molecule has 4 rings (SSSR count). The van der Waals surface area contributed by atoms with Crippen LogP contribution in [0.2, 0.25) is 0 Å². The number of anilines is 1. The molecule has 1 N–H and O–H groups in total. The molecule has 1 aromatic carbocycles. The third-order valence-corrected chi connectivity index (χ3v) is 8.51. The summed E-state index contributed by atoms with van der Waals surface area (Å²) in [7, 11) is 2.12. The van der Waals surface area contributed by atoms with Crippen molar-refractivity contribution < 1.29 is 19.1 Å². The van der Waals surface area contributed by atoms with Crippen molar-refractivity contribution >= 4 is 35.0 Å². The fourth-order valence-corrected chi connectivity index (χ4v) is 5.83. The van der Waals surface area contributed by atoms with Gasteiger partial charge >= 0.3 is 0 Å². The standard InChI is InChI=1S/C25H36N4O4S/c1-5-16(2)21(25(32)29-14-20(34-4)23-22(29)19(30)15-33-23)26-24(31)17-6-8-18(9-7-17)28-12-10-27(3)11-13-28/h6-9,16,20-23H,5,10-15H2,1-4H3,(H,26,31)/t16-,20-,21-,22+,23+/m0/s1. The Morgan fingerprint density at radius 1 is 1.18 bits per heavy atom. The van der Waals surface area contributed by atoms with Gasteiger partial charge in [0.25, 0.3) is 5.91 Å². The number of Topliss-reactive ketones (excluding diaryl/α,β-unsaturated/α-hetero) is 1.